The molecule has 1 aromatic rings. The summed E-state index contributed by atoms with van der Waals surface area (Å²) < 4.78 is 27.2. The lowest BCUT2D eigenvalue weighted by Crippen LogP contribution is -2.50. The number of ketones is 2. The number of hydrogen-bond acceptors (Lipinski definition) is 4. The van der Waals surface area contributed by atoms with Crippen LogP contribution in [0.15, 0.2) is 18.2 Å². The van der Waals surface area contributed by atoms with E-state index in [0.717, 1.165) is 12.1 Å². The van der Waals surface area contributed by atoms with Crippen LogP contribution in [0.25, 0.3) is 0 Å². The van der Waals surface area contributed by atoms with Crippen molar-refractivity contribution in [2.45, 2.75) is 33.3 Å². The van der Waals surface area contributed by atoms with Crippen LogP contribution >= 0.6 is 0 Å². The monoisotopic (exact) mass is 328 g/mol. The summed E-state index contributed by atoms with van der Waals surface area (Å²) in [7, 11) is 0. The number of carbonyl (C=O) groups excluding carboxylic acids is 2. The van der Waals surface area contributed by atoms with E-state index < -0.39 is 58.7 Å². The summed E-state index contributed by atoms with van der Waals surface area (Å²) in [5.41, 5.74) is -2.92. The molecule has 0 heterocycles. The molecule has 23 heavy (non-hydrogen) atoms. The van der Waals surface area contributed by atoms with Gasteiger partial charge in [0.2, 0.25) is 0 Å². The maximum absolute atomic E-state index is 14.1. The first-order valence-electron chi connectivity index (χ1n) is 7.42. The van der Waals surface area contributed by atoms with Crippen LogP contribution in [0.4, 0.5) is 8.78 Å². The van der Waals surface area contributed by atoms with E-state index in [1.165, 1.54) is 0 Å². The zero-order valence-electron chi connectivity index (χ0n) is 13.6. The highest BCUT2D eigenvalue weighted by molar-refractivity contribution is 6.05. The number of rotatable bonds is 7. The van der Waals surface area contributed by atoms with Crippen LogP contribution in [0.5, 0.6) is 0 Å². The second kappa shape index (κ2) is 7.27. The van der Waals surface area contributed by atoms with Crippen molar-refractivity contribution >= 4 is 11.6 Å². The molecule has 1 aromatic carbocycles. The molecule has 0 bridgehead atoms. The predicted molar refractivity (Wildman–Crippen MR) is 80.5 cm³/mol. The molecule has 1 unspecified atom stereocenters. The van der Waals surface area contributed by atoms with Crippen molar-refractivity contribution in [3.63, 3.8) is 0 Å². The van der Waals surface area contributed by atoms with E-state index in [0.29, 0.717) is 6.07 Å². The second-order valence-corrected chi connectivity index (χ2v) is 6.25. The number of aliphatic hydroxyl groups excluding tert-OH is 1. The van der Waals surface area contributed by atoms with Crippen molar-refractivity contribution in [1.29, 1.82) is 0 Å². The van der Waals surface area contributed by atoms with Crippen molar-refractivity contribution in [3.05, 3.63) is 35.4 Å². The molecule has 0 aliphatic carbocycles. The molecule has 0 aliphatic heterocycles. The average molecular weight is 328 g/mol. The van der Waals surface area contributed by atoms with Gasteiger partial charge in [-0.25, -0.2) is 8.78 Å². The number of aliphatic hydroxyl groups is 2. The molecule has 1 rings (SSSR count). The van der Waals surface area contributed by atoms with Crippen LogP contribution in [-0.4, -0.2) is 28.4 Å². The summed E-state index contributed by atoms with van der Waals surface area (Å²) in [4.78, 5) is 24.9. The van der Waals surface area contributed by atoms with Crippen LogP contribution in [0.1, 0.15) is 33.3 Å². The second-order valence-electron chi connectivity index (χ2n) is 6.25. The largest absolute Gasteiger partial charge is 0.393 e. The van der Waals surface area contributed by atoms with Gasteiger partial charge in [-0.1, -0.05) is 33.8 Å². The highest BCUT2D eigenvalue weighted by Gasteiger charge is 2.49. The lowest BCUT2D eigenvalue weighted by molar-refractivity contribution is -0.154. The van der Waals surface area contributed by atoms with E-state index in [9.17, 15) is 28.6 Å². The Kier molecular flexibility index (Phi) is 6.13. The molecule has 4 nitrogen and oxygen atoms in total. The number of carbonyl (C=O) groups is 2. The van der Waals surface area contributed by atoms with Gasteiger partial charge in [0.15, 0.2) is 0 Å². The first kappa shape index (κ1) is 19.4. The number of Topliss-reactive ketones (excluding diaryl/α,β-unsaturated/α-hetero) is 2. The SMILES string of the molecule is CC(C)C(=O)C(C(=O)C(C)C)C(O)(CO)c1ccc(F)cc1F. The Morgan fingerprint density at radius 2 is 1.57 bits per heavy atom. The molecular formula is C17H22F2O4. The molecule has 0 aliphatic rings. The van der Waals surface area contributed by atoms with E-state index in [1.807, 2.05) is 0 Å². The van der Waals surface area contributed by atoms with E-state index in [2.05, 4.69) is 0 Å². The molecule has 1 atom stereocenters. The summed E-state index contributed by atoms with van der Waals surface area (Å²) in [6, 6.07) is 2.37. The fourth-order valence-corrected chi connectivity index (χ4v) is 2.45. The number of halogens is 2. The fourth-order valence-electron chi connectivity index (χ4n) is 2.45. The van der Waals surface area contributed by atoms with Gasteiger partial charge in [0.25, 0.3) is 0 Å². The average Bonchev–Trinajstić information content (AvgIpc) is 2.46. The third-order valence-corrected chi connectivity index (χ3v) is 3.82. The van der Waals surface area contributed by atoms with Gasteiger partial charge in [0.1, 0.15) is 34.7 Å². The fraction of sp³-hybridized carbons (Fsp3) is 0.529. The molecule has 0 aromatic heterocycles. The highest BCUT2D eigenvalue weighted by atomic mass is 19.1. The van der Waals surface area contributed by atoms with Gasteiger partial charge in [-0.05, 0) is 6.07 Å². The Morgan fingerprint density at radius 1 is 1.09 bits per heavy atom. The van der Waals surface area contributed by atoms with Crippen molar-refractivity contribution in [3.8, 4) is 0 Å². The summed E-state index contributed by atoms with van der Waals surface area (Å²) in [5, 5.41) is 20.5. The Labute approximate surface area is 134 Å². The predicted octanol–water partition coefficient (Wildman–Crippen LogP) is 2.21. The Bertz CT molecular complexity index is 578. The quantitative estimate of drug-likeness (QED) is 0.753. The van der Waals surface area contributed by atoms with E-state index in [4.69, 9.17) is 0 Å². The Morgan fingerprint density at radius 3 is 1.91 bits per heavy atom. The minimum absolute atomic E-state index is 0.477. The van der Waals surface area contributed by atoms with Crippen molar-refractivity contribution in [2.24, 2.45) is 17.8 Å². The third-order valence-electron chi connectivity index (χ3n) is 3.82. The van der Waals surface area contributed by atoms with E-state index in [-0.39, 0.29) is 0 Å². The van der Waals surface area contributed by atoms with Gasteiger partial charge in [0, 0.05) is 23.5 Å². The maximum atomic E-state index is 14.1. The van der Waals surface area contributed by atoms with Crippen LogP contribution in [-0.2, 0) is 15.2 Å². The molecule has 128 valence electrons. The van der Waals surface area contributed by atoms with Crippen molar-refractivity contribution < 1.29 is 28.6 Å². The lowest BCUT2D eigenvalue weighted by atomic mass is 9.72. The van der Waals surface area contributed by atoms with Gasteiger partial charge in [0.05, 0.1) is 6.61 Å². The van der Waals surface area contributed by atoms with E-state index in [1.54, 1.807) is 27.7 Å². The maximum Gasteiger partial charge on any atom is 0.149 e. The van der Waals surface area contributed by atoms with E-state index >= 15 is 0 Å². The normalized spacial score (nSPS) is 14.4. The minimum Gasteiger partial charge on any atom is -0.393 e. The van der Waals surface area contributed by atoms with Gasteiger partial charge < -0.3 is 10.2 Å². The minimum atomic E-state index is -2.44. The summed E-state index contributed by atoms with van der Waals surface area (Å²) in [6.45, 7) is 5.13. The Balaban J connectivity index is 3.55. The number of hydrogen-bond donors (Lipinski definition) is 2. The van der Waals surface area contributed by atoms with Gasteiger partial charge in [-0.3, -0.25) is 9.59 Å². The molecule has 6 heteroatoms. The highest BCUT2D eigenvalue weighted by Crippen LogP contribution is 2.35. The Hall–Kier alpha value is -1.66. The zero-order chi connectivity index (χ0) is 17.9. The third kappa shape index (κ3) is 3.82. The number of benzene rings is 1. The van der Waals surface area contributed by atoms with Crippen LogP contribution < -0.4 is 0 Å². The molecule has 0 saturated carbocycles. The zero-order valence-corrected chi connectivity index (χ0v) is 13.6. The van der Waals surface area contributed by atoms with Gasteiger partial charge in [-0.15, -0.1) is 0 Å². The van der Waals surface area contributed by atoms with Crippen LogP contribution in [0.3, 0.4) is 0 Å². The molecular weight excluding hydrogens is 306 g/mol. The summed E-state index contributed by atoms with van der Waals surface area (Å²) in [5.74, 6) is -6.05. The smallest absolute Gasteiger partial charge is 0.149 e. The van der Waals surface area contributed by atoms with Gasteiger partial charge in [-0.2, -0.15) is 0 Å². The van der Waals surface area contributed by atoms with Crippen LogP contribution in [0.2, 0.25) is 0 Å². The first-order chi connectivity index (χ1) is 10.6. The summed E-state index contributed by atoms with van der Waals surface area (Å²) >= 11 is 0. The molecule has 2 N–H and O–H groups in total. The molecule has 0 amide bonds. The first-order valence-corrected chi connectivity index (χ1v) is 7.42. The lowest BCUT2D eigenvalue weighted by Gasteiger charge is -2.35. The van der Waals surface area contributed by atoms with Crippen molar-refractivity contribution in [2.75, 3.05) is 6.61 Å². The van der Waals surface area contributed by atoms with Crippen LogP contribution in [0, 0.1) is 29.4 Å². The topological polar surface area (TPSA) is 74.6 Å². The molecule has 0 fully saturated rings. The standard InChI is InChI=1S/C17H22F2O4/c1-9(2)15(21)14(16(22)10(3)4)17(23,8-20)12-6-5-11(18)7-13(12)19/h5-7,9-10,14,20,23H,8H2,1-4H3. The molecule has 0 saturated heterocycles. The van der Waals surface area contributed by atoms with Crippen molar-refractivity contribution in [1.82, 2.24) is 0 Å². The van der Waals surface area contributed by atoms with Gasteiger partial charge >= 0.3 is 0 Å². The molecule has 0 radical (unpaired) electrons. The molecule has 0 spiro atoms. The summed E-state index contributed by atoms with van der Waals surface area (Å²) in [6.07, 6.45) is 0.